The van der Waals surface area contributed by atoms with E-state index in [1.54, 1.807) is 0 Å². The van der Waals surface area contributed by atoms with Gasteiger partial charge in [-0.25, -0.2) is 0 Å². The topological polar surface area (TPSA) is 78.9 Å². The Bertz CT molecular complexity index is 1230. The molecule has 1 unspecified atom stereocenters. The number of hydrogen-bond acceptors (Lipinski definition) is 6. The molecule has 0 amide bonds. The van der Waals surface area contributed by atoms with Gasteiger partial charge in [-0.15, -0.1) is 0 Å². The van der Waals surface area contributed by atoms with Gasteiger partial charge in [-0.3, -0.25) is 14.4 Å². The van der Waals surface area contributed by atoms with E-state index in [1.807, 2.05) is 0 Å². The minimum atomic E-state index is -0.770. The van der Waals surface area contributed by atoms with Crippen LogP contribution in [0, 0.1) is 0 Å². The highest BCUT2D eigenvalue weighted by molar-refractivity contribution is 5.71. The zero-order valence-corrected chi connectivity index (χ0v) is 53.9. The molecule has 0 heterocycles. The van der Waals surface area contributed by atoms with Crippen molar-refractivity contribution in [3.8, 4) is 0 Å². The molecular formula is C73H140O6. The minimum absolute atomic E-state index is 0.0669. The first kappa shape index (κ1) is 77.2. The predicted molar refractivity (Wildman–Crippen MR) is 344 cm³/mol. The Hall–Kier alpha value is -1.85. The Morgan fingerprint density at radius 3 is 0.633 bits per heavy atom. The van der Waals surface area contributed by atoms with Gasteiger partial charge in [-0.05, 0) is 44.9 Å². The SMILES string of the molecule is CCCCCCCCC/C=C\CCCCCCCC(=O)OC(COC(=O)CCCCCCCCCCCCCC)COC(=O)CCCCCCCCCCCCCCCCCCCCCCCCCCCCCCCCCCC. The summed E-state index contributed by atoms with van der Waals surface area (Å²) in [5, 5.41) is 0. The number of allylic oxidation sites excluding steroid dienone is 2. The van der Waals surface area contributed by atoms with Crippen LogP contribution in [0.3, 0.4) is 0 Å². The van der Waals surface area contributed by atoms with Crippen LogP contribution in [0.1, 0.15) is 419 Å². The average Bonchev–Trinajstić information content (AvgIpc) is 3.45. The fourth-order valence-corrected chi connectivity index (χ4v) is 11.3. The first-order valence-electron chi connectivity index (χ1n) is 36.2. The van der Waals surface area contributed by atoms with E-state index in [0.717, 1.165) is 64.2 Å². The molecule has 0 bridgehead atoms. The van der Waals surface area contributed by atoms with E-state index in [4.69, 9.17) is 14.2 Å². The molecule has 0 aliphatic heterocycles. The molecule has 0 aromatic heterocycles. The van der Waals surface area contributed by atoms with Crippen molar-refractivity contribution >= 4 is 17.9 Å². The number of carbonyl (C=O) groups is 3. The molecule has 0 saturated heterocycles. The lowest BCUT2D eigenvalue weighted by molar-refractivity contribution is -0.167. The van der Waals surface area contributed by atoms with Crippen molar-refractivity contribution in [3.05, 3.63) is 12.2 Å². The second-order valence-corrected chi connectivity index (χ2v) is 24.9. The fourth-order valence-electron chi connectivity index (χ4n) is 11.3. The zero-order valence-electron chi connectivity index (χ0n) is 53.9. The van der Waals surface area contributed by atoms with Crippen molar-refractivity contribution in [2.45, 2.75) is 425 Å². The number of unbranched alkanes of at least 4 members (excludes halogenated alkanes) is 55. The van der Waals surface area contributed by atoms with E-state index in [0.29, 0.717) is 19.3 Å². The summed E-state index contributed by atoms with van der Waals surface area (Å²) in [6.45, 7) is 6.71. The molecule has 6 nitrogen and oxygen atoms in total. The molecule has 0 rings (SSSR count). The summed E-state index contributed by atoms with van der Waals surface area (Å²) in [6, 6.07) is 0. The number of carbonyl (C=O) groups excluding carboxylic acids is 3. The summed E-state index contributed by atoms with van der Waals surface area (Å²) in [5.41, 5.74) is 0. The first-order chi connectivity index (χ1) is 39.0. The highest BCUT2D eigenvalue weighted by atomic mass is 16.6. The Balaban J connectivity index is 4.05. The predicted octanol–water partition coefficient (Wildman–Crippen LogP) is 24.8. The summed E-state index contributed by atoms with van der Waals surface area (Å²) >= 11 is 0. The van der Waals surface area contributed by atoms with Crippen molar-refractivity contribution in [2.75, 3.05) is 13.2 Å². The second kappa shape index (κ2) is 68.6. The third-order valence-electron chi connectivity index (χ3n) is 16.8. The number of rotatable bonds is 68. The van der Waals surface area contributed by atoms with Crippen LogP contribution < -0.4 is 0 Å². The van der Waals surface area contributed by atoms with Gasteiger partial charge in [0, 0.05) is 19.3 Å². The highest BCUT2D eigenvalue weighted by Crippen LogP contribution is 2.19. The van der Waals surface area contributed by atoms with Crippen LogP contribution in [0.15, 0.2) is 12.2 Å². The van der Waals surface area contributed by atoms with Crippen molar-refractivity contribution in [1.29, 1.82) is 0 Å². The lowest BCUT2D eigenvalue weighted by atomic mass is 10.0. The molecule has 0 aromatic carbocycles. The van der Waals surface area contributed by atoms with Crippen LogP contribution in [0.4, 0.5) is 0 Å². The third-order valence-corrected chi connectivity index (χ3v) is 16.8. The molecule has 6 heteroatoms. The third kappa shape index (κ3) is 66.8. The van der Waals surface area contributed by atoms with E-state index in [1.165, 1.54) is 315 Å². The van der Waals surface area contributed by atoms with E-state index in [-0.39, 0.29) is 31.1 Å². The molecule has 0 saturated carbocycles. The van der Waals surface area contributed by atoms with Crippen molar-refractivity contribution in [3.63, 3.8) is 0 Å². The van der Waals surface area contributed by atoms with Gasteiger partial charge >= 0.3 is 17.9 Å². The number of esters is 3. The molecule has 0 N–H and O–H groups in total. The van der Waals surface area contributed by atoms with Crippen molar-refractivity contribution in [1.82, 2.24) is 0 Å². The summed E-state index contributed by atoms with van der Waals surface area (Å²) in [6.07, 6.45) is 82.7. The van der Waals surface area contributed by atoms with E-state index >= 15 is 0 Å². The summed E-state index contributed by atoms with van der Waals surface area (Å²) in [4.78, 5) is 38.3. The van der Waals surface area contributed by atoms with Crippen molar-refractivity contribution < 1.29 is 28.6 Å². The summed E-state index contributed by atoms with van der Waals surface area (Å²) in [7, 11) is 0. The zero-order chi connectivity index (χ0) is 57.1. The van der Waals surface area contributed by atoms with E-state index in [2.05, 4.69) is 32.9 Å². The van der Waals surface area contributed by atoms with Crippen molar-refractivity contribution in [2.24, 2.45) is 0 Å². The molecule has 0 aromatic rings. The molecule has 0 spiro atoms. The van der Waals surface area contributed by atoms with Crippen LogP contribution >= 0.6 is 0 Å². The molecule has 0 aliphatic rings. The first-order valence-corrected chi connectivity index (χ1v) is 36.2. The Morgan fingerprint density at radius 2 is 0.418 bits per heavy atom. The number of ether oxygens (including phenoxy) is 3. The Morgan fingerprint density at radius 1 is 0.241 bits per heavy atom. The van der Waals surface area contributed by atoms with Gasteiger partial charge < -0.3 is 14.2 Å². The molecule has 0 radical (unpaired) electrons. The number of hydrogen-bond donors (Lipinski definition) is 0. The summed E-state index contributed by atoms with van der Waals surface area (Å²) < 4.78 is 17.0. The van der Waals surface area contributed by atoms with Crippen LogP contribution in [-0.4, -0.2) is 37.2 Å². The molecule has 79 heavy (non-hydrogen) atoms. The lowest BCUT2D eigenvalue weighted by Gasteiger charge is -2.18. The van der Waals surface area contributed by atoms with Gasteiger partial charge in [0.15, 0.2) is 6.10 Å². The van der Waals surface area contributed by atoms with Gasteiger partial charge in [0.05, 0.1) is 0 Å². The molecule has 0 aliphatic carbocycles. The van der Waals surface area contributed by atoms with Gasteiger partial charge in [-0.2, -0.15) is 0 Å². The molecule has 1 atom stereocenters. The van der Waals surface area contributed by atoms with Crippen LogP contribution in [0.25, 0.3) is 0 Å². The van der Waals surface area contributed by atoms with Crippen LogP contribution in [-0.2, 0) is 28.6 Å². The lowest BCUT2D eigenvalue weighted by Crippen LogP contribution is -2.30. The second-order valence-electron chi connectivity index (χ2n) is 24.9. The van der Waals surface area contributed by atoms with Crippen LogP contribution in [0.5, 0.6) is 0 Å². The quantitative estimate of drug-likeness (QED) is 0.0261. The van der Waals surface area contributed by atoms with Gasteiger partial charge in [0.25, 0.3) is 0 Å². The Kier molecular flexibility index (Phi) is 67.0. The van der Waals surface area contributed by atoms with Gasteiger partial charge in [0.2, 0.25) is 0 Å². The molecule has 0 fully saturated rings. The fraction of sp³-hybridized carbons (Fsp3) is 0.932. The Labute approximate surface area is 494 Å². The van der Waals surface area contributed by atoms with Crippen LogP contribution in [0.2, 0.25) is 0 Å². The van der Waals surface area contributed by atoms with E-state index < -0.39 is 6.10 Å². The average molecular weight is 1110 g/mol. The monoisotopic (exact) mass is 1110 g/mol. The standard InChI is InChI=1S/C73H140O6/c1-4-7-10-13-16-19-22-25-27-29-30-31-32-33-34-35-36-37-38-39-40-41-42-43-44-45-47-48-51-54-57-60-63-66-72(75)78-69-70(68-77-71(74)65-62-59-56-53-50-24-21-18-15-12-9-6-3)79-73(76)67-64-61-58-55-52-49-46-28-26-23-20-17-14-11-8-5-2/h28,46,70H,4-27,29-45,47-69H2,1-3H3/b46-28-. The minimum Gasteiger partial charge on any atom is -0.462 e. The highest BCUT2D eigenvalue weighted by Gasteiger charge is 2.19. The summed E-state index contributed by atoms with van der Waals surface area (Å²) in [5.74, 6) is -0.844. The van der Waals surface area contributed by atoms with Gasteiger partial charge in [0.1, 0.15) is 13.2 Å². The smallest absolute Gasteiger partial charge is 0.306 e. The maximum Gasteiger partial charge on any atom is 0.306 e. The molecular weight excluding hydrogens is 973 g/mol. The molecule has 468 valence electrons. The van der Waals surface area contributed by atoms with Gasteiger partial charge in [-0.1, -0.05) is 367 Å². The van der Waals surface area contributed by atoms with E-state index in [9.17, 15) is 14.4 Å². The maximum atomic E-state index is 12.9. The largest absolute Gasteiger partial charge is 0.462 e. The maximum absolute atomic E-state index is 12.9. The normalized spacial score (nSPS) is 12.0.